The lowest BCUT2D eigenvalue weighted by molar-refractivity contribution is -0.0191. The lowest BCUT2D eigenvalue weighted by Crippen LogP contribution is -2.54. The van der Waals surface area contributed by atoms with E-state index >= 15 is 0 Å². The molecule has 1 N–H and O–H groups in total. The minimum Gasteiger partial charge on any atom is -0.488 e. The Morgan fingerprint density at radius 3 is 2.71 bits per heavy atom. The number of aromatic nitrogens is 3. The molecule has 0 unspecified atom stereocenters. The first-order valence-corrected chi connectivity index (χ1v) is 10.8. The van der Waals surface area contributed by atoms with E-state index in [1.807, 2.05) is 12.1 Å². The van der Waals surface area contributed by atoms with Crippen molar-refractivity contribution >= 4 is 16.8 Å². The molecule has 1 amide bonds. The fourth-order valence-electron chi connectivity index (χ4n) is 3.79. The van der Waals surface area contributed by atoms with Crippen LogP contribution in [0.4, 0.5) is 4.39 Å². The van der Waals surface area contributed by atoms with Crippen molar-refractivity contribution in [3.63, 3.8) is 0 Å². The number of hydrogen-bond donors (Lipinski definition) is 1. The van der Waals surface area contributed by atoms with E-state index < -0.39 is 5.82 Å². The largest absolute Gasteiger partial charge is 0.488 e. The molecule has 1 fully saturated rings. The highest BCUT2D eigenvalue weighted by atomic mass is 19.1. The molecule has 1 aliphatic heterocycles. The van der Waals surface area contributed by atoms with Crippen molar-refractivity contribution in [1.29, 1.82) is 0 Å². The van der Waals surface area contributed by atoms with E-state index in [9.17, 15) is 9.18 Å². The molecule has 9 nitrogen and oxygen atoms in total. The molecule has 0 spiro atoms. The number of benzene rings is 2. The zero-order valence-corrected chi connectivity index (χ0v) is 18.7. The lowest BCUT2D eigenvalue weighted by Gasteiger charge is -2.38. The summed E-state index contributed by atoms with van der Waals surface area (Å²) in [5, 5.41) is 11.8. The predicted molar refractivity (Wildman–Crippen MR) is 121 cm³/mol. The highest BCUT2D eigenvalue weighted by Gasteiger charge is 2.31. The third kappa shape index (κ3) is 4.13. The molecule has 4 aromatic rings. The quantitative estimate of drug-likeness (QED) is 0.396. The fourth-order valence-corrected chi connectivity index (χ4v) is 3.79. The molecule has 0 aliphatic carbocycles. The molecule has 0 radical (unpaired) electrons. The second-order valence-corrected chi connectivity index (χ2v) is 7.96. The van der Waals surface area contributed by atoms with Crippen LogP contribution in [0.2, 0.25) is 0 Å². The molecule has 0 atom stereocenters. The van der Waals surface area contributed by atoms with Crippen LogP contribution in [0, 0.1) is 5.82 Å². The number of hydrogen-bond acceptors (Lipinski definition) is 7. The molecule has 0 saturated carbocycles. The van der Waals surface area contributed by atoms with Gasteiger partial charge >= 0.3 is 0 Å². The summed E-state index contributed by atoms with van der Waals surface area (Å²) in [6.45, 7) is 1.79. The summed E-state index contributed by atoms with van der Waals surface area (Å²) < 4.78 is 35.6. The number of nitrogens with zero attached hydrogens (tertiary/aromatic N) is 3. The second-order valence-electron chi connectivity index (χ2n) is 7.96. The van der Waals surface area contributed by atoms with Crippen LogP contribution in [0.3, 0.4) is 0 Å². The zero-order chi connectivity index (χ0) is 23.7. The van der Waals surface area contributed by atoms with Crippen LogP contribution in [-0.4, -0.2) is 72.8 Å². The van der Waals surface area contributed by atoms with E-state index in [1.165, 1.54) is 6.07 Å². The fraction of sp³-hybridized carbons (Fsp3) is 0.292. The van der Waals surface area contributed by atoms with Gasteiger partial charge in [0, 0.05) is 56.0 Å². The number of ether oxygens (including phenoxy) is 3. The normalized spacial score (nSPS) is 13.9. The van der Waals surface area contributed by atoms with Gasteiger partial charge in [-0.05, 0) is 18.2 Å². The molecule has 0 bridgehead atoms. The summed E-state index contributed by atoms with van der Waals surface area (Å²) in [6, 6.07) is 11.8. The van der Waals surface area contributed by atoms with Gasteiger partial charge in [-0.2, -0.15) is 5.10 Å². The highest BCUT2D eigenvalue weighted by molar-refractivity contribution is 5.95. The molecule has 1 aliphatic rings. The number of rotatable bonds is 8. The Bertz CT molecular complexity index is 1310. The van der Waals surface area contributed by atoms with Crippen molar-refractivity contribution in [2.45, 2.75) is 6.10 Å². The van der Waals surface area contributed by atoms with Gasteiger partial charge in [-0.15, -0.1) is 0 Å². The number of aromatic amines is 1. The van der Waals surface area contributed by atoms with Crippen molar-refractivity contribution in [3.8, 4) is 28.5 Å². The topological polar surface area (TPSA) is 103 Å². The molecule has 5 rings (SSSR count). The third-order valence-electron chi connectivity index (χ3n) is 5.80. The predicted octanol–water partition coefficient (Wildman–Crippen LogP) is 3.52. The first-order chi connectivity index (χ1) is 16.6. The van der Waals surface area contributed by atoms with E-state index in [4.69, 9.17) is 18.7 Å². The molecule has 2 aromatic heterocycles. The first-order valence-electron chi connectivity index (χ1n) is 10.8. The van der Waals surface area contributed by atoms with Crippen molar-refractivity contribution in [1.82, 2.24) is 20.3 Å². The van der Waals surface area contributed by atoms with Crippen molar-refractivity contribution in [3.05, 3.63) is 53.8 Å². The van der Waals surface area contributed by atoms with Gasteiger partial charge in [0.15, 0.2) is 17.3 Å². The number of halogens is 1. The van der Waals surface area contributed by atoms with Crippen molar-refractivity contribution in [2.24, 2.45) is 0 Å². The van der Waals surface area contributed by atoms with Crippen LogP contribution in [0.25, 0.3) is 33.6 Å². The average molecular weight is 466 g/mol. The maximum Gasteiger partial charge on any atom is 0.254 e. The molecule has 1 saturated heterocycles. The Morgan fingerprint density at radius 1 is 1.18 bits per heavy atom. The van der Waals surface area contributed by atoms with E-state index in [-0.39, 0.29) is 24.4 Å². The van der Waals surface area contributed by atoms with E-state index in [0.29, 0.717) is 53.3 Å². The first kappa shape index (κ1) is 22.1. The van der Waals surface area contributed by atoms with Gasteiger partial charge in [0.2, 0.25) is 0 Å². The monoisotopic (exact) mass is 466 g/mol. The average Bonchev–Trinajstić information content (AvgIpc) is 3.46. The Kier molecular flexibility index (Phi) is 5.99. The van der Waals surface area contributed by atoms with E-state index in [2.05, 4.69) is 15.4 Å². The van der Waals surface area contributed by atoms with Crippen LogP contribution in [0.5, 0.6) is 5.75 Å². The van der Waals surface area contributed by atoms with Crippen LogP contribution >= 0.6 is 0 Å². The Hall–Kier alpha value is -3.76. The zero-order valence-electron chi connectivity index (χ0n) is 18.7. The molecule has 2 aromatic carbocycles. The third-order valence-corrected chi connectivity index (χ3v) is 5.80. The summed E-state index contributed by atoms with van der Waals surface area (Å²) in [5.74, 6) is -0.0368. The van der Waals surface area contributed by atoms with Crippen LogP contribution in [-0.2, 0) is 9.47 Å². The maximum absolute atomic E-state index is 14.5. The van der Waals surface area contributed by atoms with Gasteiger partial charge in [-0.1, -0.05) is 17.3 Å². The number of fused-ring (bicyclic) bond motifs is 1. The lowest BCUT2D eigenvalue weighted by atomic mass is 10.1. The number of amides is 1. The summed E-state index contributed by atoms with van der Waals surface area (Å²) in [7, 11) is 3.19. The number of carbonyl (C=O) groups excluding carboxylic acids is 1. The number of likely N-dealkylation sites (tertiary alicyclic amines) is 1. The summed E-state index contributed by atoms with van der Waals surface area (Å²) >= 11 is 0. The summed E-state index contributed by atoms with van der Waals surface area (Å²) in [5.41, 5.74) is 3.00. The number of nitrogens with one attached hydrogen (secondary N) is 1. The number of methoxy groups -OCH3 is 2. The van der Waals surface area contributed by atoms with Gasteiger partial charge in [0.05, 0.1) is 18.2 Å². The van der Waals surface area contributed by atoms with Crippen molar-refractivity contribution < 1.29 is 27.9 Å². The molecular formula is C24H23FN4O5. The molecule has 176 valence electrons. The standard InChI is InChI=1S/C24H23FN4O5/c1-31-7-8-33-21-11-20-17(9-18(21)25)23(27-26-20)22-10-19(28-34-22)14-3-5-15(6-4-14)24(30)29-12-16(13-29)32-2/h3-6,9-11,16H,7-8,12-13H2,1-2H3,(H,26,27). The second kappa shape index (κ2) is 9.24. The van der Waals surface area contributed by atoms with Crippen LogP contribution in [0.15, 0.2) is 47.0 Å². The molecular weight excluding hydrogens is 443 g/mol. The number of carbonyl (C=O) groups is 1. The van der Waals surface area contributed by atoms with Gasteiger partial charge in [0.1, 0.15) is 18.0 Å². The summed E-state index contributed by atoms with van der Waals surface area (Å²) in [4.78, 5) is 14.3. The van der Waals surface area contributed by atoms with Gasteiger partial charge in [-0.3, -0.25) is 9.89 Å². The SMILES string of the molecule is COCCOc1cc2[nH]nc(-c3cc(-c4ccc(C(=O)N5CC(OC)C5)cc4)no3)c2cc1F. The van der Waals surface area contributed by atoms with Crippen LogP contribution < -0.4 is 4.74 Å². The Labute approximate surface area is 194 Å². The molecule has 3 heterocycles. The minimum atomic E-state index is -0.509. The van der Waals surface area contributed by atoms with Gasteiger partial charge in [-0.25, -0.2) is 4.39 Å². The number of H-pyrrole nitrogens is 1. The molecule has 10 heteroatoms. The molecule has 34 heavy (non-hydrogen) atoms. The smallest absolute Gasteiger partial charge is 0.254 e. The van der Waals surface area contributed by atoms with E-state index in [0.717, 1.165) is 5.56 Å². The van der Waals surface area contributed by atoms with Gasteiger partial charge in [0.25, 0.3) is 5.91 Å². The Balaban J connectivity index is 1.34. The van der Waals surface area contributed by atoms with E-state index in [1.54, 1.807) is 43.4 Å². The summed E-state index contributed by atoms with van der Waals surface area (Å²) in [6.07, 6.45) is 0.109. The van der Waals surface area contributed by atoms with Gasteiger partial charge < -0.3 is 23.6 Å². The van der Waals surface area contributed by atoms with Crippen molar-refractivity contribution in [2.75, 3.05) is 40.5 Å². The highest BCUT2D eigenvalue weighted by Crippen LogP contribution is 2.33. The maximum atomic E-state index is 14.5. The Morgan fingerprint density at radius 2 is 1.97 bits per heavy atom. The minimum absolute atomic E-state index is 0.0312. The van der Waals surface area contributed by atoms with Crippen LogP contribution in [0.1, 0.15) is 10.4 Å².